The molecule has 8 nitrogen and oxygen atoms in total. The Kier molecular flexibility index (Phi) is 5.02. The second-order valence-corrected chi connectivity index (χ2v) is 5.93. The fourth-order valence-corrected chi connectivity index (χ4v) is 2.52. The molecular weight excluding hydrogens is 354 g/mol. The Morgan fingerprint density at radius 3 is 2.96 bits per heavy atom. The molecule has 0 aliphatic heterocycles. The summed E-state index contributed by atoms with van der Waals surface area (Å²) in [7, 11) is 1.70. The molecule has 0 saturated heterocycles. The molecule has 0 bridgehead atoms. The van der Waals surface area contributed by atoms with Gasteiger partial charge in [0.05, 0.1) is 5.56 Å². The number of esters is 1. The Morgan fingerprint density at radius 1 is 1.38 bits per heavy atom. The number of aromatic nitrogens is 4. The maximum atomic E-state index is 11.9. The Morgan fingerprint density at radius 2 is 2.25 bits per heavy atom. The van der Waals surface area contributed by atoms with Gasteiger partial charge in [-0.1, -0.05) is 16.8 Å². The third-order valence-electron chi connectivity index (χ3n) is 2.97. The molecule has 24 heavy (non-hydrogen) atoms. The van der Waals surface area contributed by atoms with Crippen molar-refractivity contribution < 1.29 is 14.1 Å². The number of likely N-dealkylation sites (N-methyl/N-ethyl adjacent to an activating group) is 1. The number of hydrogen-bond acceptors (Lipinski definition) is 9. The van der Waals surface area contributed by atoms with Crippen LogP contribution in [0.4, 0.5) is 5.82 Å². The summed E-state index contributed by atoms with van der Waals surface area (Å²) in [5.41, 5.74) is 0.839. The van der Waals surface area contributed by atoms with E-state index in [1.165, 1.54) is 11.3 Å². The summed E-state index contributed by atoms with van der Waals surface area (Å²) in [6.45, 7) is -0.0574. The Balaban J connectivity index is 1.51. The van der Waals surface area contributed by atoms with E-state index in [9.17, 15) is 4.79 Å². The van der Waals surface area contributed by atoms with Gasteiger partial charge in [-0.15, -0.1) is 10.2 Å². The molecule has 10 heteroatoms. The van der Waals surface area contributed by atoms with Crippen LogP contribution in [0.25, 0.3) is 11.5 Å². The van der Waals surface area contributed by atoms with Crippen LogP contribution in [-0.2, 0) is 16.1 Å². The van der Waals surface area contributed by atoms with Gasteiger partial charge < -0.3 is 14.2 Å². The summed E-state index contributed by atoms with van der Waals surface area (Å²) in [5.74, 6) is 0.765. The smallest absolute Gasteiger partial charge is 0.326 e. The van der Waals surface area contributed by atoms with Crippen molar-refractivity contribution in [1.29, 1.82) is 0 Å². The number of thiophene rings is 1. The molecule has 0 N–H and O–H groups in total. The molecule has 0 aliphatic rings. The average Bonchev–Trinajstić information content (AvgIpc) is 3.25. The van der Waals surface area contributed by atoms with Gasteiger partial charge in [0, 0.05) is 12.4 Å². The molecule has 0 atom stereocenters. The third-order valence-corrected chi connectivity index (χ3v) is 3.86. The van der Waals surface area contributed by atoms with E-state index in [1.54, 1.807) is 24.1 Å². The van der Waals surface area contributed by atoms with E-state index in [4.69, 9.17) is 20.9 Å². The third kappa shape index (κ3) is 4.06. The van der Waals surface area contributed by atoms with E-state index >= 15 is 0 Å². The van der Waals surface area contributed by atoms with Crippen LogP contribution in [0.5, 0.6) is 0 Å². The number of ether oxygens (including phenoxy) is 1. The number of anilines is 1. The minimum atomic E-state index is -0.448. The van der Waals surface area contributed by atoms with Crippen molar-refractivity contribution in [2.75, 3.05) is 18.5 Å². The highest BCUT2D eigenvalue weighted by molar-refractivity contribution is 7.08. The molecule has 0 aliphatic carbocycles. The summed E-state index contributed by atoms with van der Waals surface area (Å²) < 4.78 is 10.3. The zero-order valence-corrected chi connectivity index (χ0v) is 14.1. The van der Waals surface area contributed by atoms with Crippen molar-refractivity contribution in [2.45, 2.75) is 6.61 Å². The van der Waals surface area contributed by atoms with Crippen molar-refractivity contribution in [1.82, 2.24) is 20.3 Å². The molecule has 0 unspecified atom stereocenters. The molecule has 0 radical (unpaired) electrons. The summed E-state index contributed by atoms with van der Waals surface area (Å²) in [6, 6.07) is 5.13. The van der Waals surface area contributed by atoms with Crippen LogP contribution in [0.3, 0.4) is 0 Å². The molecule has 3 heterocycles. The first-order valence-electron chi connectivity index (χ1n) is 6.83. The van der Waals surface area contributed by atoms with Gasteiger partial charge in [0.25, 0.3) is 5.89 Å². The second-order valence-electron chi connectivity index (χ2n) is 4.76. The van der Waals surface area contributed by atoms with E-state index < -0.39 is 5.97 Å². The molecule has 3 aromatic heterocycles. The molecule has 0 amide bonds. The summed E-state index contributed by atoms with van der Waals surface area (Å²) in [4.78, 5) is 17.6. The van der Waals surface area contributed by atoms with Gasteiger partial charge in [-0.2, -0.15) is 16.3 Å². The van der Waals surface area contributed by atoms with Crippen molar-refractivity contribution in [3.05, 3.63) is 39.9 Å². The highest BCUT2D eigenvalue weighted by Crippen LogP contribution is 2.20. The summed E-state index contributed by atoms with van der Waals surface area (Å²) in [5, 5.41) is 15.5. The quantitative estimate of drug-likeness (QED) is 0.615. The lowest BCUT2D eigenvalue weighted by Gasteiger charge is -2.15. The second kappa shape index (κ2) is 7.37. The van der Waals surface area contributed by atoms with Crippen LogP contribution in [0.1, 0.15) is 5.82 Å². The minimum Gasteiger partial charge on any atom is -0.456 e. The van der Waals surface area contributed by atoms with Crippen molar-refractivity contribution in [2.24, 2.45) is 0 Å². The van der Waals surface area contributed by atoms with Crippen molar-refractivity contribution in [3.63, 3.8) is 0 Å². The molecule has 124 valence electrons. The maximum absolute atomic E-state index is 11.9. The highest BCUT2D eigenvalue weighted by Gasteiger charge is 2.13. The molecule has 0 spiro atoms. The van der Waals surface area contributed by atoms with Crippen molar-refractivity contribution >= 4 is 34.7 Å². The maximum Gasteiger partial charge on any atom is 0.326 e. The highest BCUT2D eigenvalue weighted by atomic mass is 35.5. The van der Waals surface area contributed by atoms with Crippen LogP contribution in [0, 0.1) is 0 Å². The zero-order valence-electron chi connectivity index (χ0n) is 12.5. The number of hydrogen-bond donors (Lipinski definition) is 0. The van der Waals surface area contributed by atoms with Crippen LogP contribution in [0.15, 0.2) is 33.5 Å². The van der Waals surface area contributed by atoms with E-state index in [1.807, 2.05) is 16.8 Å². The molecule has 3 rings (SSSR count). The largest absolute Gasteiger partial charge is 0.456 e. The lowest BCUT2D eigenvalue weighted by molar-refractivity contribution is -0.143. The van der Waals surface area contributed by atoms with Gasteiger partial charge in [0.2, 0.25) is 5.82 Å². The predicted molar refractivity (Wildman–Crippen MR) is 87.7 cm³/mol. The van der Waals surface area contributed by atoms with Gasteiger partial charge in [-0.05, 0) is 23.6 Å². The zero-order chi connectivity index (χ0) is 16.9. The van der Waals surface area contributed by atoms with Crippen LogP contribution in [0.2, 0.25) is 5.15 Å². The van der Waals surface area contributed by atoms with E-state index in [2.05, 4.69) is 20.3 Å². The van der Waals surface area contributed by atoms with E-state index in [0.29, 0.717) is 17.5 Å². The fourth-order valence-electron chi connectivity index (χ4n) is 1.79. The van der Waals surface area contributed by atoms with Crippen LogP contribution < -0.4 is 4.90 Å². The van der Waals surface area contributed by atoms with Gasteiger partial charge in [-0.25, -0.2) is 0 Å². The molecular formula is C14H12ClN5O3S. The lowest BCUT2D eigenvalue weighted by atomic mass is 10.3. The van der Waals surface area contributed by atoms with Gasteiger partial charge in [0.15, 0.2) is 17.6 Å². The first kappa shape index (κ1) is 16.3. The van der Waals surface area contributed by atoms with E-state index in [-0.39, 0.29) is 18.3 Å². The summed E-state index contributed by atoms with van der Waals surface area (Å²) in [6.07, 6.45) is 0. The fraction of sp³-hybridized carbons (Fsp3) is 0.214. The van der Waals surface area contributed by atoms with Crippen LogP contribution >= 0.6 is 22.9 Å². The number of rotatable bonds is 6. The number of carbonyl (C=O) groups excluding carboxylic acids is 1. The number of nitrogens with zero attached hydrogens (tertiary/aromatic N) is 5. The van der Waals surface area contributed by atoms with Gasteiger partial charge in [-0.3, -0.25) is 4.79 Å². The number of halogens is 1. The lowest BCUT2D eigenvalue weighted by Crippen LogP contribution is -2.28. The SMILES string of the molecule is CN(CC(=O)OCc1noc(-c2ccsc2)n1)c1ccc(Cl)nn1. The Bertz CT molecular complexity index is 806. The standard InChI is InChI=1S/C14H12ClN5O3S/c1-20(12-3-2-10(15)17-18-12)6-13(21)22-7-11-16-14(23-19-11)9-4-5-24-8-9/h2-5,8H,6-7H2,1H3. The normalized spacial score (nSPS) is 10.6. The molecule has 3 aromatic rings. The first-order chi connectivity index (χ1) is 11.6. The number of carbonyl (C=O) groups is 1. The molecule has 0 saturated carbocycles. The molecule has 0 aromatic carbocycles. The Hall–Kier alpha value is -2.52. The van der Waals surface area contributed by atoms with Crippen molar-refractivity contribution in [3.8, 4) is 11.5 Å². The van der Waals surface area contributed by atoms with Crippen LogP contribution in [-0.4, -0.2) is 39.9 Å². The van der Waals surface area contributed by atoms with E-state index in [0.717, 1.165) is 5.56 Å². The van der Waals surface area contributed by atoms with Gasteiger partial charge in [0.1, 0.15) is 6.54 Å². The summed E-state index contributed by atoms with van der Waals surface area (Å²) >= 11 is 7.20. The topological polar surface area (TPSA) is 94.2 Å². The minimum absolute atomic E-state index is 0.00551. The average molecular weight is 366 g/mol. The predicted octanol–water partition coefficient (Wildman–Crippen LogP) is 2.42. The first-order valence-corrected chi connectivity index (χ1v) is 8.15. The molecule has 0 fully saturated rings. The van der Waals surface area contributed by atoms with Gasteiger partial charge >= 0.3 is 5.97 Å². The Labute approximate surface area is 146 Å². The monoisotopic (exact) mass is 365 g/mol.